The fourth-order valence-electron chi connectivity index (χ4n) is 18.5. The molecule has 0 fully saturated rings. The lowest BCUT2D eigenvalue weighted by Crippen LogP contribution is -2.00. The SMILES string of the molecule is c1ccc(-c2cc(-c3ccc(-c4ccc5c(c4)c4ccccc4n5-c4cccc(-c5cccc6c7ccccc7n(-c7ccccc7)c56)c4)cc3)cc(-c3ccccc3)n2)cc1.c1ccc(-c2nc(-c3ccccc3)nc(-c3cccc(-c4ccc5c(c4)c4ccccc4n5-c4cccc(-c5cccc6c7ccccc7n(-c7ccccc7)c56)c4)c3)n2)cc1. The average molecular weight is 1580 g/mol. The van der Waals surface area contributed by atoms with Crippen molar-refractivity contribution in [2.24, 2.45) is 0 Å². The third-order valence-electron chi connectivity index (χ3n) is 24.3. The summed E-state index contributed by atoms with van der Waals surface area (Å²) in [7, 11) is 0. The Kier molecular flexibility index (Phi) is 18.1. The molecule has 8 nitrogen and oxygen atoms in total. The highest BCUT2D eigenvalue weighted by Gasteiger charge is 2.23. The molecule has 0 aliphatic carbocycles. The molecule has 24 aromatic rings. The molecule has 0 aliphatic heterocycles. The van der Waals surface area contributed by atoms with Gasteiger partial charge in [-0.2, -0.15) is 0 Å². The van der Waals surface area contributed by atoms with Crippen LogP contribution in [0.1, 0.15) is 0 Å². The molecule has 0 saturated heterocycles. The van der Waals surface area contributed by atoms with Crippen LogP contribution in [0, 0.1) is 0 Å². The van der Waals surface area contributed by atoms with E-state index in [4.69, 9.17) is 19.9 Å². The topological polar surface area (TPSA) is 71.3 Å². The molecule has 24 rings (SSSR count). The zero-order valence-electron chi connectivity index (χ0n) is 67.5. The third kappa shape index (κ3) is 13.0. The van der Waals surface area contributed by atoms with Gasteiger partial charge in [-0.1, -0.05) is 346 Å². The van der Waals surface area contributed by atoms with Crippen molar-refractivity contribution in [1.29, 1.82) is 0 Å². The molecule has 0 unspecified atom stereocenters. The van der Waals surface area contributed by atoms with Gasteiger partial charge in [0.05, 0.1) is 55.5 Å². The van der Waals surface area contributed by atoms with E-state index in [9.17, 15) is 0 Å². The second-order valence-corrected chi connectivity index (χ2v) is 31.6. The molecule has 0 saturated carbocycles. The van der Waals surface area contributed by atoms with Crippen LogP contribution in [0.5, 0.6) is 0 Å². The van der Waals surface area contributed by atoms with Crippen molar-refractivity contribution >= 4 is 87.2 Å². The van der Waals surface area contributed by atoms with Crippen LogP contribution in [-0.4, -0.2) is 38.2 Å². The lowest BCUT2D eigenvalue weighted by Gasteiger charge is -2.14. The Morgan fingerprint density at radius 2 is 0.419 bits per heavy atom. The highest BCUT2D eigenvalue weighted by molar-refractivity contribution is 6.17. The fraction of sp³-hybridized carbons (Fsp3) is 0. The molecule has 6 aromatic heterocycles. The zero-order chi connectivity index (χ0) is 82.0. The first-order valence-corrected chi connectivity index (χ1v) is 42.1. The maximum Gasteiger partial charge on any atom is 0.164 e. The van der Waals surface area contributed by atoms with E-state index in [-0.39, 0.29) is 0 Å². The minimum atomic E-state index is 0.636. The van der Waals surface area contributed by atoms with Gasteiger partial charge in [0.1, 0.15) is 0 Å². The van der Waals surface area contributed by atoms with Gasteiger partial charge in [-0.05, 0) is 160 Å². The van der Waals surface area contributed by atoms with Crippen LogP contribution in [0.15, 0.2) is 461 Å². The van der Waals surface area contributed by atoms with Crippen molar-refractivity contribution in [1.82, 2.24) is 38.2 Å². The summed E-state index contributed by atoms with van der Waals surface area (Å²) >= 11 is 0. The Morgan fingerprint density at radius 1 is 0.137 bits per heavy atom. The number of pyridine rings is 1. The molecule has 8 heteroatoms. The molecule has 0 spiro atoms. The maximum atomic E-state index is 5.09. The second-order valence-electron chi connectivity index (χ2n) is 31.6. The average Bonchev–Trinajstić information content (AvgIpc) is 1.58. The summed E-state index contributed by atoms with van der Waals surface area (Å²) in [6, 6.07) is 165. The predicted molar refractivity (Wildman–Crippen MR) is 516 cm³/mol. The molecular weight excluding hydrogens is 1510 g/mol. The van der Waals surface area contributed by atoms with Gasteiger partial charge in [0.15, 0.2) is 17.5 Å². The van der Waals surface area contributed by atoms with Crippen LogP contribution in [-0.2, 0) is 0 Å². The summed E-state index contributed by atoms with van der Waals surface area (Å²) in [6.45, 7) is 0. The van der Waals surface area contributed by atoms with Gasteiger partial charge < -0.3 is 18.3 Å². The number of hydrogen-bond donors (Lipinski definition) is 0. The lowest BCUT2D eigenvalue weighted by molar-refractivity contribution is 1.07. The van der Waals surface area contributed by atoms with Crippen LogP contribution in [0.25, 0.3) is 222 Å². The highest BCUT2D eigenvalue weighted by atomic mass is 15.0. The zero-order valence-corrected chi connectivity index (χ0v) is 67.5. The van der Waals surface area contributed by atoms with Crippen molar-refractivity contribution in [3.8, 4) is 135 Å². The Morgan fingerprint density at radius 3 is 0.855 bits per heavy atom. The van der Waals surface area contributed by atoms with Gasteiger partial charge in [0.2, 0.25) is 0 Å². The molecule has 0 amide bonds. The molecule has 0 N–H and O–H groups in total. The molecule has 18 aromatic carbocycles. The summed E-state index contributed by atoms with van der Waals surface area (Å²) in [5.41, 5.74) is 32.6. The van der Waals surface area contributed by atoms with Gasteiger partial charge in [-0.25, -0.2) is 19.9 Å². The normalized spacial score (nSPS) is 11.5. The van der Waals surface area contributed by atoms with Gasteiger partial charge in [0.25, 0.3) is 0 Å². The van der Waals surface area contributed by atoms with Crippen molar-refractivity contribution in [3.05, 3.63) is 461 Å². The monoisotopic (exact) mass is 1580 g/mol. The standard InChI is InChI=1S/C59H39N3.C57H37N5/c1-4-16-42(17-5-1)54-38-46(39-55(60-54)43-18-6-2-7-19-43)41-32-30-40(31-33-41)44-34-35-58-53(37-44)51-25-11-12-28-56(51)61(58)48-23-14-20-45(36-48)49-26-15-27-52-50-24-10-13-29-57(50)62(59(49)52)47-21-8-3-9-22-47;1-4-17-38(18-5-1)55-58-56(39-19-6-2-7-20-39)60-57(59-55)43-23-14-21-40(35-43)41-33-34-53-50(37-41)48-28-11-12-31-51(48)61(53)45-26-15-22-42(36-45)46-29-16-30-49-47-27-10-13-32-52(47)62(54(46)49)44-24-8-3-9-25-44/h1-39H;1-37H. The van der Waals surface area contributed by atoms with E-state index in [0.717, 1.165) is 101 Å². The Hall–Kier alpha value is -16.7. The molecule has 0 bridgehead atoms. The van der Waals surface area contributed by atoms with E-state index in [0.29, 0.717) is 17.5 Å². The van der Waals surface area contributed by atoms with Crippen LogP contribution in [0.3, 0.4) is 0 Å². The Labute approximate surface area is 716 Å². The van der Waals surface area contributed by atoms with Crippen molar-refractivity contribution in [2.75, 3.05) is 0 Å². The van der Waals surface area contributed by atoms with Crippen molar-refractivity contribution in [2.45, 2.75) is 0 Å². The number of rotatable bonds is 14. The van der Waals surface area contributed by atoms with Gasteiger partial charge in [-0.3, -0.25) is 0 Å². The first-order valence-electron chi connectivity index (χ1n) is 42.1. The summed E-state index contributed by atoms with van der Waals surface area (Å²) in [5, 5.41) is 9.85. The number of aromatic nitrogens is 8. The molecule has 580 valence electrons. The largest absolute Gasteiger partial charge is 0.309 e. The maximum absolute atomic E-state index is 5.09. The van der Waals surface area contributed by atoms with E-state index in [1.54, 1.807) is 0 Å². The quantitative estimate of drug-likeness (QED) is 0.109. The summed E-state index contributed by atoms with van der Waals surface area (Å²) < 4.78 is 9.66. The number of nitrogens with zero attached hydrogens (tertiary/aromatic N) is 8. The number of para-hydroxylation sites is 8. The van der Waals surface area contributed by atoms with Crippen molar-refractivity contribution < 1.29 is 0 Å². The first-order chi connectivity index (χ1) is 61.5. The predicted octanol–water partition coefficient (Wildman–Crippen LogP) is 30.0. The summed E-state index contributed by atoms with van der Waals surface area (Å²) in [6.07, 6.45) is 0. The molecular formula is C116H76N8. The Bertz CT molecular complexity index is 8080. The van der Waals surface area contributed by atoms with E-state index in [1.807, 2.05) is 72.8 Å². The first kappa shape index (κ1) is 72.5. The van der Waals surface area contributed by atoms with Gasteiger partial charge >= 0.3 is 0 Å². The van der Waals surface area contributed by atoms with E-state index >= 15 is 0 Å². The summed E-state index contributed by atoms with van der Waals surface area (Å²) in [5.74, 6) is 1.93. The molecule has 0 aliphatic rings. The minimum Gasteiger partial charge on any atom is -0.309 e. The Balaban J connectivity index is 0.000000143. The fourth-order valence-corrected chi connectivity index (χ4v) is 18.5. The van der Waals surface area contributed by atoms with E-state index in [1.165, 1.54) is 104 Å². The van der Waals surface area contributed by atoms with Gasteiger partial charge in [-0.15, -0.1) is 0 Å². The minimum absolute atomic E-state index is 0.636. The van der Waals surface area contributed by atoms with Crippen LogP contribution >= 0.6 is 0 Å². The van der Waals surface area contributed by atoms with Crippen LogP contribution < -0.4 is 0 Å². The molecule has 124 heavy (non-hydrogen) atoms. The molecule has 6 heterocycles. The van der Waals surface area contributed by atoms with E-state index < -0.39 is 0 Å². The molecule has 0 radical (unpaired) electrons. The smallest absolute Gasteiger partial charge is 0.164 e. The van der Waals surface area contributed by atoms with Crippen molar-refractivity contribution in [3.63, 3.8) is 0 Å². The highest BCUT2D eigenvalue weighted by Crippen LogP contribution is 2.45. The van der Waals surface area contributed by atoms with Gasteiger partial charge in [0, 0.05) is 105 Å². The number of hydrogen-bond acceptors (Lipinski definition) is 4. The number of benzene rings is 18. The third-order valence-corrected chi connectivity index (χ3v) is 24.3. The second kappa shape index (κ2) is 30.9. The lowest BCUT2D eigenvalue weighted by atomic mass is 9.97. The van der Waals surface area contributed by atoms with E-state index in [2.05, 4.69) is 407 Å². The number of fused-ring (bicyclic) bond motifs is 12. The summed E-state index contributed by atoms with van der Waals surface area (Å²) in [4.78, 5) is 20.0. The molecule has 0 atom stereocenters. The van der Waals surface area contributed by atoms with Crippen LogP contribution in [0.4, 0.5) is 0 Å². The van der Waals surface area contributed by atoms with Crippen LogP contribution in [0.2, 0.25) is 0 Å².